The number of aliphatic hydroxyl groups excluding tert-OH is 1. The molecule has 1 aromatic rings. The molecule has 0 aliphatic carbocycles. The monoisotopic (exact) mass is 275 g/mol. The van der Waals surface area contributed by atoms with Crippen molar-refractivity contribution in [3.63, 3.8) is 0 Å². The number of piperidine rings is 1. The van der Waals surface area contributed by atoms with Crippen LogP contribution in [0.4, 0.5) is 0 Å². The summed E-state index contributed by atoms with van der Waals surface area (Å²) in [4.78, 5) is 0. The Bertz CT molecular complexity index is 466. The highest BCUT2D eigenvalue weighted by atomic mass is 16.5. The zero-order chi connectivity index (χ0) is 13.9. The molecule has 1 fully saturated rings. The lowest BCUT2D eigenvalue weighted by atomic mass is 9.87. The average Bonchev–Trinajstić information content (AvgIpc) is 2.71. The maximum atomic E-state index is 10.8. The van der Waals surface area contributed by atoms with Gasteiger partial charge >= 0.3 is 0 Å². The highest BCUT2D eigenvalue weighted by Crippen LogP contribution is 2.38. The van der Waals surface area contributed by atoms with E-state index in [0.29, 0.717) is 5.92 Å². The topological polar surface area (TPSA) is 41.5 Å². The summed E-state index contributed by atoms with van der Waals surface area (Å²) in [5.74, 6) is 1.27. The summed E-state index contributed by atoms with van der Waals surface area (Å²) in [6, 6.07) is 4.33. The number of aryl methyl sites for hydroxylation is 2. The Morgan fingerprint density at radius 3 is 3.00 bits per heavy atom. The Hall–Kier alpha value is -1.06. The third kappa shape index (κ3) is 2.84. The van der Waals surface area contributed by atoms with Crippen molar-refractivity contribution in [3.05, 3.63) is 28.8 Å². The van der Waals surface area contributed by atoms with Crippen molar-refractivity contribution in [1.29, 1.82) is 0 Å². The van der Waals surface area contributed by atoms with Gasteiger partial charge in [0.25, 0.3) is 0 Å². The third-order valence-electron chi connectivity index (χ3n) is 4.53. The standard InChI is InChI=1S/C17H25NO2/c1-12-9-13-5-2-3-8-20-17(13)15(10-12)16(19)14-6-4-7-18-11-14/h9-10,14,16,18-19H,2-8,11H2,1H3. The van der Waals surface area contributed by atoms with E-state index < -0.39 is 6.10 Å². The van der Waals surface area contributed by atoms with Crippen LogP contribution in [0.5, 0.6) is 5.75 Å². The fraction of sp³-hybridized carbons (Fsp3) is 0.647. The second-order valence-corrected chi connectivity index (χ2v) is 6.20. The fourth-order valence-corrected chi connectivity index (χ4v) is 3.45. The van der Waals surface area contributed by atoms with Crippen LogP contribution in [0.15, 0.2) is 12.1 Å². The van der Waals surface area contributed by atoms with Crippen molar-refractivity contribution >= 4 is 0 Å². The van der Waals surface area contributed by atoms with Crippen molar-refractivity contribution < 1.29 is 9.84 Å². The first kappa shape index (κ1) is 13.9. The van der Waals surface area contributed by atoms with Crippen LogP contribution >= 0.6 is 0 Å². The smallest absolute Gasteiger partial charge is 0.128 e. The SMILES string of the molecule is Cc1cc2c(c(C(O)C3CCCNC3)c1)OCCCC2. The molecule has 3 rings (SSSR count). The number of fused-ring (bicyclic) bond motifs is 1. The van der Waals surface area contributed by atoms with E-state index in [2.05, 4.69) is 24.4 Å². The van der Waals surface area contributed by atoms with Gasteiger partial charge in [-0.15, -0.1) is 0 Å². The fourth-order valence-electron chi connectivity index (χ4n) is 3.45. The van der Waals surface area contributed by atoms with Crippen molar-refractivity contribution in [2.45, 2.75) is 45.1 Å². The van der Waals surface area contributed by atoms with Gasteiger partial charge in [0.05, 0.1) is 12.7 Å². The number of aliphatic hydroxyl groups is 1. The van der Waals surface area contributed by atoms with Crippen LogP contribution in [0.1, 0.15) is 48.5 Å². The summed E-state index contributed by atoms with van der Waals surface area (Å²) in [5.41, 5.74) is 3.52. The summed E-state index contributed by atoms with van der Waals surface area (Å²) in [7, 11) is 0. The van der Waals surface area contributed by atoms with E-state index in [4.69, 9.17) is 4.74 Å². The first-order valence-corrected chi connectivity index (χ1v) is 7.90. The lowest BCUT2D eigenvalue weighted by Gasteiger charge is -2.29. The zero-order valence-corrected chi connectivity index (χ0v) is 12.3. The second-order valence-electron chi connectivity index (χ2n) is 6.20. The van der Waals surface area contributed by atoms with Gasteiger partial charge in [0.2, 0.25) is 0 Å². The minimum absolute atomic E-state index is 0.307. The van der Waals surface area contributed by atoms with E-state index in [1.807, 2.05) is 0 Å². The number of hydrogen-bond acceptors (Lipinski definition) is 3. The molecule has 0 spiro atoms. The van der Waals surface area contributed by atoms with Gasteiger partial charge in [-0.05, 0) is 57.2 Å². The van der Waals surface area contributed by atoms with E-state index in [1.54, 1.807) is 0 Å². The summed E-state index contributed by atoms with van der Waals surface area (Å²) < 4.78 is 5.97. The van der Waals surface area contributed by atoms with Crippen LogP contribution in [0, 0.1) is 12.8 Å². The highest BCUT2D eigenvalue weighted by Gasteiger charge is 2.27. The molecule has 3 nitrogen and oxygen atoms in total. The minimum atomic E-state index is -0.408. The maximum absolute atomic E-state index is 10.8. The van der Waals surface area contributed by atoms with Crippen LogP contribution in [0.2, 0.25) is 0 Å². The van der Waals surface area contributed by atoms with E-state index in [1.165, 1.54) is 17.5 Å². The maximum Gasteiger partial charge on any atom is 0.128 e. The Morgan fingerprint density at radius 1 is 1.30 bits per heavy atom. The molecule has 1 aromatic carbocycles. The van der Waals surface area contributed by atoms with Gasteiger partial charge in [0.1, 0.15) is 5.75 Å². The molecule has 0 saturated carbocycles. The molecule has 2 atom stereocenters. The number of hydrogen-bond donors (Lipinski definition) is 2. The van der Waals surface area contributed by atoms with E-state index >= 15 is 0 Å². The summed E-state index contributed by atoms with van der Waals surface area (Å²) in [6.07, 6.45) is 5.19. The largest absolute Gasteiger partial charge is 0.493 e. The van der Waals surface area contributed by atoms with Gasteiger partial charge in [0.15, 0.2) is 0 Å². The van der Waals surface area contributed by atoms with Gasteiger partial charge in [-0.1, -0.05) is 11.6 Å². The Labute approximate surface area is 121 Å². The first-order valence-electron chi connectivity index (χ1n) is 7.90. The lowest BCUT2D eigenvalue weighted by Crippen LogP contribution is -2.33. The van der Waals surface area contributed by atoms with Crippen molar-refractivity contribution in [3.8, 4) is 5.75 Å². The van der Waals surface area contributed by atoms with Gasteiger partial charge in [0, 0.05) is 18.0 Å². The van der Waals surface area contributed by atoms with Crippen molar-refractivity contribution in [2.24, 2.45) is 5.92 Å². The van der Waals surface area contributed by atoms with Crippen LogP contribution in [-0.2, 0) is 6.42 Å². The minimum Gasteiger partial charge on any atom is -0.493 e. The number of nitrogens with one attached hydrogen (secondary N) is 1. The van der Waals surface area contributed by atoms with Crippen LogP contribution in [0.25, 0.3) is 0 Å². The van der Waals surface area contributed by atoms with E-state index in [9.17, 15) is 5.11 Å². The summed E-state index contributed by atoms with van der Waals surface area (Å²) in [5, 5.41) is 14.2. The predicted molar refractivity (Wildman–Crippen MR) is 80.2 cm³/mol. The first-order chi connectivity index (χ1) is 9.75. The average molecular weight is 275 g/mol. The zero-order valence-electron chi connectivity index (χ0n) is 12.3. The van der Waals surface area contributed by atoms with Crippen LogP contribution in [-0.4, -0.2) is 24.8 Å². The van der Waals surface area contributed by atoms with Crippen LogP contribution < -0.4 is 10.1 Å². The normalized spacial score (nSPS) is 24.4. The number of ether oxygens (including phenoxy) is 1. The van der Waals surface area contributed by atoms with Gasteiger partial charge in [-0.2, -0.15) is 0 Å². The Balaban J connectivity index is 1.92. The Morgan fingerprint density at radius 2 is 2.20 bits per heavy atom. The molecule has 3 heteroatoms. The quantitative estimate of drug-likeness (QED) is 0.872. The molecule has 20 heavy (non-hydrogen) atoms. The molecule has 2 N–H and O–H groups in total. The third-order valence-corrected chi connectivity index (χ3v) is 4.53. The van der Waals surface area contributed by atoms with E-state index in [0.717, 1.165) is 56.7 Å². The molecule has 1 saturated heterocycles. The van der Waals surface area contributed by atoms with Crippen molar-refractivity contribution in [1.82, 2.24) is 5.32 Å². The molecule has 110 valence electrons. The number of benzene rings is 1. The number of rotatable bonds is 2. The van der Waals surface area contributed by atoms with Gasteiger partial charge in [-0.3, -0.25) is 0 Å². The highest BCUT2D eigenvalue weighted by molar-refractivity contribution is 5.46. The Kier molecular flexibility index (Phi) is 4.27. The second kappa shape index (κ2) is 6.15. The van der Waals surface area contributed by atoms with E-state index in [-0.39, 0.29) is 0 Å². The molecule has 0 bridgehead atoms. The molecule has 2 heterocycles. The molecule has 2 aliphatic rings. The molecule has 2 unspecified atom stereocenters. The molecule has 0 radical (unpaired) electrons. The van der Waals surface area contributed by atoms with Gasteiger partial charge < -0.3 is 15.2 Å². The molecule has 0 amide bonds. The molecular weight excluding hydrogens is 250 g/mol. The predicted octanol–water partition coefficient (Wildman–Crippen LogP) is 2.74. The van der Waals surface area contributed by atoms with Crippen LogP contribution in [0.3, 0.4) is 0 Å². The molecular formula is C17H25NO2. The molecule has 2 aliphatic heterocycles. The summed E-state index contributed by atoms with van der Waals surface area (Å²) >= 11 is 0. The van der Waals surface area contributed by atoms with Gasteiger partial charge in [-0.25, -0.2) is 0 Å². The molecule has 0 aromatic heterocycles. The lowest BCUT2D eigenvalue weighted by molar-refractivity contribution is 0.0888. The van der Waals surface area contributed by atoms with Crippen molar-refractivity contribution in [2.75, 3.05) is 19.7 Å². The summed E-state index contributed by atoms with van der Waals surface area (Å²) in [6.45, 7) is 4.87.